The van der Waals surface area contributed by atoms with Gasteiger partial charge in [0.25, 0.3) is 5.91 Å². The third-order valence-corrected chi connectivity index (χ3v) is 4.90. The van der Waals surface area contributed by atoms with E-state index in [-0.39, 0.29) is 5.91 Å². The molecule has 1 N–H and O–H groups in total. The van der Waals surface area contributed by atoms with E-state index in [1.54, 1.807) is 24.5 Å². The third kappa shape index (κ3) is 4.56. The van der Waals surface area contributed by atoms with Crippen molar-refractivity contribution in [1.29, 1.82) is 0 Å². The van der Waals surface area contributed by atoms with Crippen molar-refractivity contribution in [2.24, 2.45) is 5.10 Å². The van der Waals surface area contributed by atoms with Crippen molar-refractivity contribution in [1.82, 2.24) is 5.43 Å². The van der Waals surface area contributed by atoms with Crippen LogP contribution in [0.25, 0.3) is 0 Å². The molecule has 1 heterocycles. The molecule has 2 aromatic rings. The zero-order chi connectivity index (χ0) is 17.0. The Labute approximate surface area is 145 Å². The van der Waals surface area contributed by atoms with Gasteiger partial charge in [-0.3, -0.25) is 4.79 Å². The molecular formula is C17H19ClN2O2S. The minimum Gasteiger partial charge on any atom is -0.481 e. The van der Waals surface area contributed by atoms with E-state index in [4.69, 9.17) is 16.3 Å². The summed E-state index contributed by atoms with van der Waals surface area (Å²) < 4.78 is 5.66. The number of nitrogens with one attached hydrogen (secondary N) is 1. The fraction of sp³-hybridized carbons (Fsp3) is 0.294. The molecule has 1 atom stereocenters. The van der Waals surface area contributed by atoms with E-state index in [2.05, 4.69) is 10.5 Å². The van der Waals surface area contributed by atoms with Gasteiger partial charge in [-0.15, -0.1) is 11.3 Å². The molecule has 1 aromatic carbocycles. The third-order valence-electron chi connectivity index (χ3n) is 3.35. The molecule has 0 saturated carbocycles. The summed E-state index contributed by atoms with van der Waals surface area (Å²) in [5.41, 5.74) is 5.46. The highest BCUT2D eigenvalue weighted by Crippen LogP contribution is 2.26. The first-order valence-electron chi connectivity index (χ1n) is 7.19. The smallest absolute Gasteiger partial charge is 0.280 e. The average molecular weight is 351 g/mol. The van der Waals surface area contributed by atoms with Gasteiger partial charge < -0.3 is 4.74 Å². The maximum atomic E-state index is 12.0. The number of aryl methyl sites for hydroxylation is 3. The molecule has 4 nitrogen and oxygen atoms in total. The Morgan fingerprint density at radius 2 is 1.96 bits per heavy atom. The molecule has 1 unspecified atom stereocenters. The van der Waals surface area contributed by atoms with Gasteiger partial charge in [0.1, 0.15) is 5.75 Å². The standard InChI is InChI=1S/C17H19ClN2O2S/c1-10-5-6-23-15(10)9-19-20-17(21)13(4)22-14-7-11(2)16(18)12(3)8-14/h5-9,13H,1-4H3,(H,20,21)/b19-9+. The monoisotopic (exact) mass is 350 g/mol. The Morgan fingerprint density at radius 1 is 1.30 bits per heavy atom. The van der Waals surface area contributed by atoms with Gasteiger partial charge in [0.15, 0.2) is 6.10 Å². The van der Waals surface area contributed by atoms with Crippen LogP contribution in [0.4, 0.5) is 0 Å². The van der Waals surface area contributed by atoms with Gasteiger partial charge >= 0.3 is 0 Å². The molecule has 0 aliphatic carbocycles. The largest absolute Gasteiger partial charge is 0.481 e. The summed E-state index contributed by atoms with van der Waals surface area (Å²) in [4.78, 5) is 13.0. The highest BCUT2D eigenvalue weighted by atomic mass is 35.5. The van der Waals surface area contributed by atoms with Gasteiger partial charge in [-0.25, -0.2) is 5.43 Å². The van der Waals surface area contributed by atoms with Crippen molar-refractivity contribution >= 4 is 35.1 Å². The van der Waals surface area contributed by atoms with Crippen molar-refractivity contribution in [3.05, 3.63) is 50.2 Å². The van der Waals surface area contributed by atoms with Crippen LogP contribution in [0.5, 0.6) is 5.75 Å². The van der Waals surface area contributed by atoms with Crippen LogP contribution in [-0.4, -0.2) is 18.2 Å². The number of carbonyl (C=O) groups is 1. The second kappa shape index (κ2) is 7.62. The molecular weight excluding hydrogens is 332 g/mol. The SMILES string of the molecule is Cc1ccsc1/C=N/NC(=O)C(C)Oc1cc(C)c(Cl)c(C)c1. The molecule has 0 saturated heterocycles. The number of halogens is 1. The molecule has 0 spiro atoms. The van der Waals surface area contributed by atoms with Gasteiger partial charge in [0, 0.05) is 9.90 Å². The van der Waals surface area contributed by atoms with Crippen LogP contribution in [0.3, 0.4) is 0 Å². The first-order valence-corrected chi connectivity index (χ1v) is 8.44. The van der Waals surface area contributed by atoms with Gasteiger partial charge in [-0.05, 0) is 68.0 Å². The molecule has 0 radical (unpaired) electrons. The zero-order valence-corrected chi connectivity index (χ0v) is 15.1. The number of benzene rings is 1. The van der Waals surface area contributed by atoms with E-state index in [0.717, 1.165) is 21.6 Å². The molecule has 6 heteroatoms. The lowest BCUT2D eigenvalue weighted by molar-refractivity contribution is -0.127. The fourth-order valence-electron chi connectivity index (χ4n) is 1.99. The van der Waals surface area contributed by atoms with Gasteiger partial charge in [-0.2, -0.15) is 5.10 Å². The van der Waals surface area contributed by atoms with E-state index >= 15 is 0 Å². The minimum atomic E-state index is -0.656. The predicted molar refractivity (Wildman–Crippen MR) is 95.8 cm³/mol. The summed E-state index contributed by atoms with van der Waals surface area (Å²) in [6.07, 6.45) is 0.984. The van der Waals surface area contributed by atoms with E-state index < -0.39 is 6.10 Å². The van der Waals surface area contributed by atoms with Crippen molar-refractivity contribution in [2.75, 3.05) is 0 Å². The van der Waals surface area contributed by atoms with Gasteiger partial charge in [-0.1, -0.05) is 11.6 Å². The predicted octanol–water partition coefficient (Wildman–Crippen LogP) is 4.24. The second-order valence-corrected chi connectivity index (χ2v) is 6.66. The summed E-state index contributed by atoms with van der Waals surface area (Å²) in [5, 5.41) is 6.67. The van der Waals surface area contributed by atoms with Crippen LogP contribution < -0.4 is 10.2 Å². The number of amides is 1. The molecule has 0 fully saturated rings. The van der Waals surface area contributed by atoms with Gasteiger partial charge in [0.05, 0.1) is 6.21 Å². The summed E-state index contributed by atoms with van der Waals surface area (Å²) in [5.74, 6) is 0.311. The number of hydrogen-bond donors (Lipinski definition) is 1. The Bertz CT molecular complexity index is 717. The average Bonchev–Trinajstić information content (AvgIpc) is 2.90. The summed E-state index contributed by atoms with van der Waals surface area (Å²) in [6.45, 7) is 7.48. The lowest BCUT2D eigenvalue weighted by atomic mass is 10.1. The van der Waals surface area contributed by atoms with Crippen molar-refractivity contribution < 1.29 is 9.53 Å². The number of rotatable bonds is 5. The van der Waals surface area contributed by atoms with Crippen molar-refractivity contribution in [3.63, 3.8) is 0 Å². The Kier molecular flexibility index (Phi) is 5.80. The van der Waals surface area contributed by atoms with Crippen molar-refractivity contribution in [3.8, 4) is 5.75 Å². The topological polar surface area (TPSA) is 50.7 Å². The lowest BCUT2D eigenvalue weighted by Gasteiger charge is -2.14. The van der Waals surface area contributed by atoms with Crippen LogP contribution in [0.2, 0.25) is 5.02 Å². The highest BCUT2D eigenvalue weighted by Gasteiger charge is 2.15. The Morgan fingerprint density at radius 3 is 2.52 bits per heavy atom. The Balaban J connectivity index is 1.95. The number of carbonyl (C=O) groups excluding carboxylic acids is 1. The van der Waals surface area contributed by atoms with E-state index in [9.17, 15) is 4.79 Å². The van der Waals surface area contributed by atoms with E-state index in [1.165, 1.54) is 0 Å². The molecule has 122 valence electrons. The number of thiophene rings is 1. The van der Waals surface area contributed by atoms with Crippen LogP contribution >= 0.6 is 22.9 Å². The zero-order valence-electron chi connectivity index (χ0n) is 13.5. The summed E-state index contributed by atoms with van der Waals surface area (Å²) in [7, 11) is 0. The highest BCUT2D eigenvalue weighted by molar-refractivity contribution is 7.11. The van der Waals surface area contributed by atoms with E-state index in [1.807, 2.05) is 44.4 Å². The maximum absolute atomic E-state index is 12.0. The summed E-state index contributed by atoms with van der Waals surface area (Å²) in [6, 6.07) is 5.64. The fourth-order valence-corrected chi connectivity index (χ4v) is 2.89. The van der Waals surface area contributed by atoms with Crippen LogP contribution in [0, 0.1) is 20.8 Å². The first kappa shape index (κ1) is 17.5. The quantitative estimate of drug-likeness (QED) is 0.647. The lowest BCUT2D eigenvalue weighted by Crippen LogP contribution is -2.33. The molecule has 1 aromatic heterocycles. The molecule has 1 amide bonds. The summed E-state index contributed by atoms with van der Waals surface area (Å²) >= 11 is 7.70. The molecule has 23 heavy (non-hydrogen) atoms. The Hall–Kier alpha value is -1.85. The molecule has 0 aliphatic heterocycles. The number of nitrogens with zero attached hydrogens (tertiary/aromatic N) is 1. The normalized spacial score (nSPS) is 12.4. The minimum absolute atomic E-state index is 0.305. The molecule has 0 bridgehead atoms. The maximum Gasteiger partial charge on any atom is 0.280 e. The van der Waals surface area contributed by atoms with Crippen molar-refractivity contribution in [2.45, 2.75) is 33.8 Å². The van der Waals surface area contributed by atoms with Gasteiger partial charge in [0.2, 0.25) is 0 Å². The first-order chi connectivity index (χ1) is 10.9. The second-order valence-electron chi connectivity index (χ2n) is 5.33. The van der Waals surface area contributed by atoms with E-state index in [0.29, 0.717) is 10.8 Å². The molecule has 0 aliphatic rings. The number of hydrazone groups is 1. The van der Waals surface area contributed by atoms with Crippen LogP contribution in [-0.2, 0) is 4.79 Å². The molecule has 2 rings (SSSR count). The number of ether oxygens (including phenoxy) is 1. The van der Waals surface area contributed by atoms with Crippen LogP contribution in [0.1, 0.15) is 28.5 Å². The number of hydrogen-bond acceptors (Lipinski definition) is 4. The van der Waals surface area contributed by atoms with Crippen LogP contribution in [0.15, 0.2) is 28.7 Å².